The fourth-order valence-corrected chi connectivity index (χ4v) is 5.57. The highest BCUT2D eigenvalue weighted by molar-refractivity contribution is 5.99. The van der Waals surface area contributed by atoms with Crippen molar-refractivity contribution >= 4 is 28.4 Å². The third kappa shape index (κ3) is 3.68. The summed E-state index contributed by atoms with van der Waals surface area (Å²) in [5.41, 5.74) is 2.23. The number of amides is 1. The maximum atomic E-state index is 15.8. The number of ether oxygens (including phenoxy) is 2. The quantitative estimate of drug-likeness (QED) is 0.457. The Balaban J connectivity index is 1.34. The molecule has 4 aromatic rings. The van der Waals surface area contributed by atoms with Crippen LogP contribution in [0.2, 0.25) is 0 Å². The van der Waals surface area contributed by atoms with Gasteiger partial charge < -0.3 is 19.3 Å². The molecule has 0 saturated carbocycles. The van der Waals surface area contributed by atoms with Crippen LogP contribution in [0.1, 0.15) is 19.8 Å². The van der Waals surface area contributed by atoms with E-state index in [1.54, 1.807) is 34.1 Å². The van der Waals surface area contributed by atoms with Gasteiger partial charge in [-0.1, -0.05) is 0 Å². The van der Waals surface area contributed by atoms with Crippen molar-refractivity contribution in [2.45, 2.75) is 38.0 Å². The van der Waals surface area contributed by atoms with Gasteiger partial charge in [-0.05, 0) is 44.0 Å². The van der Waals surface area contributed by atoms with Crippen LogP contribution in [0.3, 0.4) is 0 Å². The number of H-pyrrole nitrogens is 1. The van der Waals surface area contributed by atoms with Gasteiger partial charge in [-0.25, -0.2) is 9.37 Å². The Morgan fingerprint density at radius 3 is 2.86 bits per heavy atom. The first kappa shape index (κ1) is 22.4. The second-order valence-corrected chi connectivity index (χ2v) is 9.81. The zero-order chi connectivity index (χ0) is 25.1. The Bertz CT molecular complexity index is 1490. The molecule has 1 amide bonds. The molecule has 7 rings (SSSR count). The summed E-state index contributed by atoms with van der Waals surface area (Å²) in [6.07, 6.45) is 4.57. The first-order valence-corrected chi connectivity index (χ1v) is 12.6. The summed E-state index contributed by atoms with van der Waals surface area (Å²) in [5, 5.41) is 12.3. The number of carbonyl (C=O) groups is 1. The molecule has 0 radical (unpaired) electrons. The van der Waals surface area contributed by atoms with Gasteiger partial charge in [0.25, 0.3) is 5.91 Å². The van der Waals surface area contributed by atoms with E-state index in [1.807, 2.05) is 12.1 Å². The SMILES string of the molecule is C[C@@H]1COCCN1c1cc(-c2ccc(N3CC4CCC(O4)C3=O)cc2F)c2cnn(-c3cc[nH]n3)c2n1. The maximum Gasteiger partial charge on any atom is 0.256 e. The third-order valence-corrected chi connectivity index (χ3v) is 7.48. The minimum atomic E-state index is -0.424. The van der Waals surface area contributed by atoms with Crippen molar-refractivity contribution < 1.29 is 18.7 Å². The lowest BCUT2D eigenvalue weighted by molar-refractivity contribution is -0.133. The number of benzene rings is 1. The van der Waals surface area contributed by atoms with Gasteiger partial charge in [0, 0.05) is 41.0 Å². The van der Waals surface area contributed by atoms with Crippen LogP contribution in [0.5, 0.6) is 0 Å². The molecule has 3 saturated heterocycles. The minimum absolute atomic E-state index is 0.0104. The van der Waals surface area contributed by atoms with Crippen LogP contribution in [0.25, 0.3) is 28.0 Å². The topological polar surface area (TPSA) is 101 Å². The standard InChI is InChI=1S/C26H26FN7O3/c1-15-14-36-9-8-32(15)24-11-19(20-12-29-34(25(20)30-24)23-6-7-28-31-23)18-4-2-16(10-21(18)27)33-13-17-3-5-22(37-17)26(33)35/h2,4,6-7,10-12,15,17,22H,3,5,8-9,13-14H2,1H3,(H,28,31)/t15-,17?,22?/m1/s1. The van der Waals surface area contributed by atoms with Crippen LogP contribution in [0, 0.1) is 5.82 Å². The molecule has 3 aliphatic heterocycles. The molecule has 0 spiro atoms. The lowest BCUT2D eigenvalue weighted by Gasteiger charge is -2.34. The van der Waals surface area contributed by atoms with Crippen LogP contribution >= 0.6 is 0 Å². The van der Waals surface area contributed by atoms with Gasteiger partial charge in [0.2, 0.25) is 0 Å². The zero-order valence-electron chi connectivity index (χ0n) is 20.3. The summed E-state index contributed by atoms with van der Waals surface area (Å²) in [4.78, 5) is 21.6. The number of carbonyl (C=O) groups excluding carboxylic acids is 1. The molecule has 0 aliphatic carbocycles. The Kier molecular flexibility index (Phi) is 5.22. The van der Waals surface area contributed by atoms with Crippen molar-refractivity contribution in [3.63, 3.8) is 0 Å². The van der Waals surface area contributed by atoms with E-state index in [0.717, 1.165) is 18.7 Å². The zero-order valence-corrected chi connectivity index (χ0v) is 20.3. The van der Waals surface area contributed by atoms with Gasteiger partial charge in [-0.15, -0.1) is 0 Å². The Morgan fingerprint density at radius 2 is 2.05 bits per heavy atom. The fraction of sp³-hybridized carbons (Fsp3) is 0.385. The number of aromatic amines is 1. The van der Waals surface area contributed by atoms with Crippen molar-refractivity contribution in [2.24, 2.45) is 0 Å². The van der Waals surface area contributed by atoms with Gasteiger partial charge in [-0.3, -0.25) is 9.89 Å². The predicted molar refractivity (Wildman–Crippen MR) is 134 cm³/mol. The number of hydrogen-bond acceptors (Lipinski definition) is 7. The number of aromatic nitrogens is 5. The van der Waals surface area contributed by atoms with Gasteiger partial charge in [0.1, 0.15) is 17.7 Å². The number of nitrogens with one attached hydrogen (secondary N) is 1. The maximum absolute atomic E-state index is 15.8. The first-order chi connectivity index (χ1) is 18.1. The number of fused-ring (bicyclic) bond motifs is 3. The molecule has 3 fully saturated rings. The number of rotatable bonds is 4. The van der Waals surface area contributed by atoms with Crippen LogP contribution in [-0.2, 0) is 14.3 Å². The molecule has 11 heteroatoms. The molecule has 1 N–H and O–H groups in total. The molecular weight excluding hydrogens is 477 g/mol. The minimum Gasteiger partial charge on any atom is -0.377 e. The molecular formula is C26H26FN7O3. The predicted octanol–water partition coefficient (Wildman–Crippen LogP) is 3.07. The molecule has 2 unspecified atom stereocenters. The van der Waals surface area contributed by atoms with Crippen molar-refractivity contribution in [1.82, 2.24) is 25.0 Å². The highest BCUT2D eigenvalue weighted by atomic mass is 19.1. The summed E-state index contributed by atoms with van der Waals surface area (Å²) >= 11 is 0. The lowest BCUT2D eigenvalue weighted by Crippen LogP contribution is -2.47. The summed E-state index contributed by atoms with van der Waals surface area (Å²) in [5.74, 6) is 0.803. The van der Waals surface area contributed by atoms with Crippen LogP contribution in [0.15, 0.2) is 42.7 Å². The van der Waals surface area contributed by atoms with E-state index in [1.165, 1.54) is 6.07 Å². The average Bonchev–Trinajstić information content (AvgIpc) is 3.66. The average molecular weight is 504 g/mol. The number of halogens is 1. The van der Waals surface area contributed by atoms with Crippen molar-refractivity contribution in [1.29, 1.82) is 0 Å². The Labute approximate surface area is 212 Å². The van der Waals surface area contributed by atoms with E-state index in [4.69, 9.17) is 14.5 Å². The van der Waals surface area contributed by atoms with Crippen molar-refractivity contribution in [3.05, 3.63) is 48.5 Å². The number of nitrogens with zero attached hydrogens (tertiary/aromatic N) is 6. The molecule has 190 valence electrons. The van der Waals surface area contributed by atoms with Crippen molar-refractivity contribution in [2.75, 3.05) is 36.1 Å². The summed E-state index contributed by atoms with van der Waals surface area (Å²) < 4.78 is 28.8. The molecule has 3 aromatic heterocycles. The second kappa shape index (κ2) is 8.63. The van der Waals surface area contributed by atoms with E-state index in [2.05, 4.69) is 27.1 Å². The third-order valence-electron chi connectivity index (χ3n) is 7.48. The van der Waals surface area contributed by atoms with Crippen LogP contribution in [-0.4, -0.2) is 75.4 Å². The van der Waals surface area contributed by atoms with E-state index >= 15 is 4.39 Å². The van der Waals surface area contributed by atoms with Crippen LogP contribution < -0.4 is 9.80 Å². The molecule has 1 aromatic carbocycles. The summed E-state index contributed by atoms with van der Waals surface area (Å²) in [7, 11) is 0. The molecule has 10 nitrogen and oxygen atoms in total. The first-order valence-electron chi connectivity index (χ1n) is 12.6. The van der Waals surface area contributed by atoms with E-state index in [0.29, 0.717) is 60.0 Å². The summed E-state index contributed by atoms with van der Waals surface area (Å²) in [6.45, 7) is 4.39. The van der Waals surface area contributed by atoms with Gasteiger partial charge >= 0.3 is 0 Å². The van der Waals surface area contributed by atoms with Gasteiger partial charge in [0.05, 0.1) is 38.1 Å². The highest BCUT2D eigenvalue weighted by Gasteiger charge is 2.41. The monoisotopic (exact) mass is 503 g/mol. The Hall–Kier alpha value is -3.83. The number of anilines is 2. The van der Waals surface area contributed by atoms with Crippen LogP contribution in [0.4, 0.5) is 15.9 Å². The van der Waals surface area contributed by atoms with E-state index < -0.39 is 11.9 Å². The van der Waals surface area contributed by atoms with E-state index in [-0.39, 0.29) is 18.1 Å². The highest BCUT2D eigenvalue weighted by Crippen LogP contribution is 2.37. The smallest absolute Gasteiger partial charge is 0.256 e. The number of morpholine rings is 2. The second-order valence-electron chi connectivity index (χ2n) is 9.81. The summed E-state index contributed by atoms with van der Waals surface area (Å²) in [6, 6.07) is 8.83. The van der Waals surface area contributed by atoms with E-state index in [9.17, 15) is 4.79 Å². The molecule has 37 heavy (non-hydrogen) atoms. The van der Waals surface area contributed by atoms with Gasteiger partial charge in [0.15, 0.2) is 11.5 Å². The molecule has 3 aliphatic rings. The number of hydrogen-bond donors (Lipinski definition) is 1. The molecule has 3 atom stereocenters. The molecule has 2 bridgehead atoms. The lowest BCUT2D eigenvalue weighted by atomic mass is 10.0. The largest absolute Gasteiger partial charge is 0.377 e. The fourth-order valence-electron chi connectivity index (χ4n) is 5.57. The molecule has 6 heterocycles. The number of pyridine rings is 1. The van der Waals surface area contributed by atoms with Crippen molar-refractivity contribution in [3.8, 4) is 16.9 Å². The Morgan fingerprint density at radius 1 is 1.14 bits per heavy atom. The normalized spacial score (nSPS) is 23.8. The van der Waals surface area contributed by atoms with Gasteiger partial charge in [-0.2, -0.15) is 14.9 Å².